The van der Waals surface area contributed by atoms with E-state index >= 15 is 0 Å². The van der Waals surface area contributed by atoms with Gasteiger partial charge in [-0.05, 0) is 36.4 Å². The second-order valence-electron chi connectivity index (χ2n) is 5.60. The number of rotatable bonds is 6. The molecule has 2 aromatic carbocycles. The van der Waals surface area contributed by atoms with E-state index in [-0.39, 0.29) is 5.75 Å². The number of ether oxygens (including phenoxy) is 1. The molecule has 0 aliphatic carbocycles. The maximum absolute atomic E-state index is 12.2. The number of alkyl halides is 3. The first-order valence-electron chi connectivity index (χ1n) is 7.95. The normalized spacial score (nSPS) is 11.6. The molecule has 142 valence electrons. The van der Waals surface area contributed by atoms with Crippen molar-refractivity contribution in [3.8, 4) is 11.4 Å². The molecule has 0 unspecified atom stereocenters. The summed E-state index contributed by atoms with van der Waals surface area (Å²) in [5, 5.41) is 2.38. The molecule has 9 heteroatoms. The maximum atomic E-state index is 12.2. The zero-order valence-electron chi connectivity index (χ0n) is 14.3. The molecule has 0 radical (unpaired) electrons. The number of fused-ring (bicyclic) bond motifs is 1. The quantitative estimate of drug-likeness (QED) is 0.645. The van der Waals surface area contributed by atoms with Crippen LogP contribution in [0.1, 0.15) is 0 Å². The Balaban J connectivity index is 1.85. The number of hydrogen-bond donors (Lipinski definition) is 1. The van der Waals surface area contributed by atoms with E-state index in [1.54, 1.807) is 19.2 Å². The first kappa shape index (κ1) is 19.1. The lowest BCUT2D eigenvalue weighted by atomic mass is 10.2. The molecular weight excluding hydrogens is 379 g/mol. The third kappa shape index (κ3) is 4.73. The minimum atomic E-state index is -4.43. The number of carbonyl (C=O) groups is 1. The maximum Gasteiger partial charge on any atom is 0.405 e. The van der Waals surface area contributed by atoms with Crippen LogP contribution in [0.3, 0.4) is 0 Å². The van der Waals surface area contributed by atoms with Crippen LogP contribution in [0.15, 0.2) is 53.7 Å². The van der Waals surface area contributed by atoms with Crippen molar-refractivity contribution < 1.29 is 22.7 Å². The Morgan fingerprint density at radius 3 is 2.56 bits per heavy atom. The van der Waals surface area contributed by atoms with Gasteiger partial charge in [-0.1, -0.05) is 23.9 Å². The van der Waals surface area contributed by atoms with Crippen LogP contribution in [0.2, 0.25) is 0 Å². The summed E-state index contributed by atoms with van der Waals surface area (Å²) in [5.74, 6) is -0.176. The highest BCUT2D eigenvalue weighted by Crippen LogP contribution is 2.28. The van der Waals surface area contributed by atoms with Crippen molar-refractivity contribution in [1.29, 1.82) is 0 Å². The SMILES string of the molecule is COc1ccc(-n2c(SCC(=O)NCC(F)(F)F)nc3ccccc32)cc1. The minimum absolute atomic E-state index is 0.171. The zero-order chi connectivity index (χ0) is 19.4. The van der Waals surface area contributed by atoms with Crippen molar-refractivity contribution in [2.45, 2.75) is 11.3 Å². The average Bonchev–Trinajstić information content (AvgIpc) is 3.02. The summed E-state index contributed by atoms with van der Waals surface area (Å²) in [7, 11) is 1.57. The van der Waals surface area contributed by atoms with E-state index in [2.05, 4.69) is 4.98 Å². The molecule has 0 saturated heterocycles. The molecule has 3 aromatic rings. The second kappa shape index (κ2) is 7.91. The van der Waals surface area contributed by atoms with E-state index in [0.29, 0.717) is 10.9 Å². The number of para-hydroxylation sites is 2. The average molecular weight is 395 g/mol. The van der Waals surface area contributed by atoms with Crippen molar-refractivity contribution in [2.75, 3.05) is 19.4 Å². The minimum Gasteiger partial charge on any atom is -0.497 e. The first-order valence-corrected chi connectivity index (χ1v) is 8.94. The molecule has 1 amide bonds. The van der Waals surface area contributed by atoms with Gasteiger partial charge in [-0.15, -0.1) is 0 Å². The number of imidazole rings is 1. The Labute approximate surface area is 157 Å². The van der Waals surface area contributed by atoms with Gasteiger partial charge in [0, 0.05) is 5.69 Å². The number of thioether (sulfide) groups is 1. The van der Waals surface area contributed by atoms with Gasteiger partial charge < -0.3 is 10.1 Å². The monoisotopic (exact) mass is 395 g/mol. The van der Waals surface area contributed by atoms with Gasteiger partial charge in [-0.2, -0.15) is 13.2 Å². The Kier molecular flexibility index (Phi) is 5.59. The van der Waals surface area contributed by atoms with Gasteiger partial charge in [-0.25, -0.2) is 4.98 Å². The van der Waals surface area contributed by atoms with Crippen LogP contribution < -0.4 is 10.1 Å². The molecule has 0 saturated carbocycles. The predicted octanol–water partition coefficient (Wildman–Crippen LogP) is 3.80. The lowest BCUT2D eigenvalue weighted by Gasteiger charge is -2.10. The lowest BCUT2D eigenvalue weighted by molar-refractivity contribution is -0.136. The second-order valence-corrected chi connectivity index (χ2v) is 6.54. The third-order valence-electron chi connectivity index (χ3n) is 3.68. The van der Waals surface area contributed by atoms with Crippen LogP contribution in [0, 0.1) is 0 Å². The molecule has 5 nitrogen and oxygen atoms in total. The molecule has 1 N–H and O–H groups in total. The number of nitrogens with one attached hydrogen (secondary N) is 1. The highest BCUT2D eigenvalue weighted by molar-refractivity contribution is 7.99. The zero-order valence-corrected chi connectivity index (χ0v) is 15.1. The fourth-order valence-electron chi connectivity index (χ4n) is 2.46. The van der Waals surface area contributed by atoms with Crippen molar-refractivity contribution >= 4 is 28.7 Å². The van der Waals surface area contributed by atoms with Crippen LogP contribution in [-0.2, 0) is 4.79 Å². The Hall–Kier alpha value is -2.68. The number of amides is 1. The van der Waals surface area contributed by atoms with Crippen LogP contribution in [0.4, 0.5) is 13.2 Å². The third-order valence-corrected chi connectivity index (χ3v) is 4.62. The Morgan fingerprint density at radius 1 is 1.19 bits per heavy atom. The van der Waals surface area contributed by atoms with E-state index in [1.165, 1.54) is 0 Å². The van der Waals surface area contributed by atoms with Crippen molar-refractivity contribution in [1.82, 2.24) is 14.9 Å². The molecule has 1 heterocycles. The summed E-state index contributed by atoms with van der Waals surface area (Å²) >= 11 is 1.08. The van der Waals surface area contributed by atoms with Gasteiger partial charge in [-0.3, -0.25) is 9.36 Å². The summed E-state index contributed by atoms with van der Waals surface area (Å²) in [4.78, 5) is 16.2. The van der Waals surface area contributed by atoms with Gasteiger partial charge in [0.25, 0.3) is 0 Å². The molecule has 3 rings (SSSR count). The molecule has 27 heavy (non-hydrogen) atoms. The van der Waals surface area contributed by atoms with Crippen LogP contribution >= 0.6 is 11.8 Å². The topological polar surface area (TPSA) is 56.1 Å². The smallest absolute Gasteiger partial charge is 0.405 e. The van der Waals surface area contributed by atoms with Gasteiger partial charge in [0.2, 0.25) is 5.91 Å². The predicted molar refractivity (Wildman–Crippen MR) is 97.4 cm³/mol. The van der Waals surface area contributed by atoms with E-state index < -0.39 is 18.6 Å². The van der Waals surface area contributed by atoms with Crippen molar-refractivity contribution in [2.24, 2.45) is 0 Å². The van der Waals surface area contributed by atoms with Crippen LogP contribution in [0.25, 0.3) is 16.7 Å². The van der Waals surface area contributed by atoms with Crippen molar-refractivity contribution in [3.63, 3.8) is 0 Å². The van der Waals surface area contributed by atoms with E-state index in [4.69, 9.17) is 4.74 Å². The Morgan fingerprint density at radius 2 is 1.89 bits per heavy atom. The van der Waals surface area contributed by atoms with Gasteiger partial charge >= 0.3 is 6.18 Å². The highest BCUT2D eigenvalue weighted by Gasteiger charge is 2.27. The van der Waals surface area contributed by atoms with Crippen molar-refractivity contribution in [3.05, 3.63) is 48.5 Å². The first-order chi connectivity index (χ1) is 12.9. The van der Waals surface area contributed by atoms with E-state index in [1.807, 2.05) is 46.3 Å². The van der Waals surface area contributed by atoms with Gasteiger partial charge in [0.05, 0.1) is 23.9 Å². The molecule has 0 aliphatic heterocycles. The highest BCUT2D eigenvalue weighted by atomic mass is 32.2. The fourth-order valence-corrected chi connectivity index (χ4v) is 3.32. The summed E-state index contributed by atoms with van der Waals surface area (Å²) in [6.07, 6.45) is -4.43. The van der Waals surface area contributed by atoms with Crippen LogP contribution in [-0.4, -0.2) is 41.0 Å². The number of carbonyl (C=O) groups excluding carboxylic acids is 1. The van der Waals surface area contributed by atoms with Gasteiger partial charge in [0.15, 0.2) is 5.16 Å². The molecule has 1 aromatic heterocycles. The summed E-state index contributed by atoms with van der Waals surface area (Å²) in [6, 6.07) is 14.7. The molecule has 0 aliphatic rings. The summed E-state index contributed by atoms with van der Waals surface area (Å²) in [6.45, 7) is -1.35. The number of methoxy groups -OCH3 is 1. The number of halogens is 3. The number of nitrogens with zero attached hydrogens (tertiary/aromatic N) is 2. The van der Waals surface area contributed by atoms with E-state index in [9.17, 15) is 18.0 Å². The number of benzene rings is 2. The van der Waals surface area contributed by atoms with Crippen LogP contribution in [0.5, 0.6) is 5.75 Å². The number of aromatic nitrogens is 2. The molecule has 0 bridgehead atoms. The Bertz CT molecular complexity index is 939. The van der Waals surface area contributed by atoms with Gasteiger partial charge in [0.1, 0.15) is 12.3 Å². The molecule has 0 atom stereocenters. The summed E-state index contributed by atoms with van der Waals surface area (Å²) < 4.78 is 43.7. The molecular formula is C18H16F3N3O2S. The standard InChI is InChI=1S/C18H16F3N3O2S/c1-26-13-8-6-12(7-9-13)24-15-5-3-2-4-14(15)23-17(24)27-10-16(25)22-11-18(19,20)21/h2-9H,10-11H2,1H3,(H,22,25). The lowest BCUT2D eigenvalue weighted by Crippen LogP contribution is -2.34. The summed E-state index contributed by atoms with van der Waals surface area (Å²) in [5.41, 5.74) is 2.37. The molecule has 0 fully saturated rings. The number of hydrogen-bond acceptors (Lipinski definition) is 4. The van der Waals surface area contributed by atoms with E-state index in [0.717, 1.165) is 28.5 Å². The largest absolute Gasteiger partial charge is 0.497 e. The fraction of sp³-hybridized carbons (Fsp3) is 0.222. The molecule has 0 spiro atoms.